The normalized spacial score (nSPS) is 10.9. The topological polar surface area (TPSA) is 12.0 Å². The van der Waals surface area contributed by atoms with E-state index in [0.29, 0.717) is 0 Å². The van der Waals surface area contributed by atoms with Crippen molar-refractivity contribution < 1.29 is 0 Å². The summed E-state index contributed by atoms with van der Waals surface area (Å²) in [6.45, 7) is 0. The number of hydrogen-bond donors (Lipinski definition) is 1. The Labute approximate surface area is 241 Å². The van der Waals surface area contributed by atoms with Crippen molar-refractivity contribution in [2.45, 2.75) is 0 Å². The largest absolute Gasteiger partial charge is 0.356 e. The van der Waals surface area contributed by atoms with Crippen molar-refractivity contribution in [3.63, 3.8) is 0 Å². The molecule has 41 heavy (non-hydrogen) atoms. The Morgan fingerprint density at radius 3 is 1.59 bits per heavy atom. The van der Waals surface area contributed by atoms with Gasteiger partial charge in [0.25, 0.3) is 0 Å². The second-order valence-corrected chi connectivity index (χ2v) is 10.3. The van der Waals surface area contributed by atoms with Crippen molar-refractivity contribution in [3.8, 4) is 44.5 Å². The Bertz CT molecular complexity index is 1940. The van der Waals surface area contributed by atoms with Crippen molar-refractivity contribution in [3.05, 3.63) is 170 Å². The van der Waals surface area contributed by atoms with Gasteiger partial charge in [0.1, 0.15) is 0 Å². The Hall–Kier alpha value is -5.40. The monoisotopic (exact) mass is 523 g/mol. The van der Waals surface area contributed by atoms with Crippen molar-refractivity contribution >= 4 is 22.1 Å². The molecule has 0 heterocycles. The lowest BCUT2D eigenvalue weighted by Gasteiger charge is -2.14. The molecule has 7 rings (SSSR count). The minimum absolute atomic E-state index is 1.06. The Morgan fingerprint density at radius 1 is 0.268 bits per heavy atom. The van der Waals surface area contributed by atoms with Gasteiger partial charge in [0, 0.05) is 11.4 Å². The van der Waals surface area contributed by atoms with Crippen LogP contribution in [0.25, 0.3) is 55.3 Å². The summed E-state index contributed by atoms with van der Waals surface area (Å²) in [7, 11) is 0. The van der Waals surface area contributed by atoms with E-state index in [0.717, 1.165) is 11.4 Å². The maximum absolute atomic E-state index is 3.60. The summed E-state index contributed by atoms with van der Waals surface area (Å²) >= 11 is 0. The van der Waals surface area contributed by atoms with Gasteiger partial charge in [0.15, 0.2) is 0 Å². The van der Waals surface area contributed by atoms with Gasteiger partial charge in [-0.05, 0) is 91.7 Å². The van der Waals surface area contributed by atoms with Crippen molar-refractivity contribution in [2.24, 2.45) is 0 Å². The minimum Gasteiger partial charge on any atom is -0.356 e. The summed E-state index contributed by atoms with van der Waals surface area (Å²) in [5.74, 6) is 0. The number of anilines is 2. The molecule has 1 N–H and O–H groups in total. The van der Waals surface area contributed by atoms with E-state index in [4.69, 9.17) is 0 Å². The average Bonchev–Trinajstić information content (AvgIpc) is 3.05. The molecule has 0 aliphatic heterocycles. The van der Waals surface area contributed by atoms with Crippen LogP contribution in [-0.2, 0) is 0 Å². The van der Waals surface area contributed by atoms with Gasteiger partial charge in [-0.1, -0.05) is 133 Å². The molecule has 0 aromatic heterocycles. The lowest BCUT2D eigenvalue weighted by molar-refractivity contribution is 1.53. The van der Waals surface area contributed by atoms with Gasteiger partial charge >= 0.3 is 0 Å². The van der Waals surface area contributed by atoms with E-state index in [9.17, 15) is 0 Å². The van der Waals surface area contributed by atoms with Crippen molar-refractivity contribution in [1.82, 2.24) is 0 Å². The number of rotatable bonds is 6. The van der Waals surface area contributed by atoms with Gasteiger partial charge < -0.3 is 5.32 Å². The molecule has 194 valence electrons. The van der Waals surface area contributed by atoms with Crippen LogP contribution in [0, 0.1) is 0 Å². The van der Waals surface area contributed by atoms with Gasteiger partial charge in [-0.3, -0.25) is 0 Å². The number of nitrogens with one attached hydrogen (secondary N) is 1. The maximum Gasteiger partial charge on any atom is 0.0390 e. The fourth-order valence-electron chi connectivity index (χ4n) is 5.51. The zero-order chi connectivity index (χ0) is 27.4. The quantitative estimate of drug-likeness (QED) is 0.229. The van der Waals surface area contributed by atoms with E-state index in [2.05, 4.69) is 175 Å². The first-order chi connectivity index (χ1) is 20.3. The molecule has 0 radical (unpaired) electrons. The molecule has 0 saturated heterocycles. The van der Waals surface area contributed by atoms with E-state index in [1.54, 1.807) is 0 Å². The molecule has 7 aromatic carbocycles. The Morgan fingerprint density at radius 2 is 0.829 bits per heavy atom. The number of benzene rings is 7. The second kappa shape index (κ2) is 11.0. The first-order valence-corrected chi connectivity index (χ1v) is 14.0. The van der Waals surface area contributed by atoms with Gasteiger partial charge in [0.05, 0.1) is 0 Å². The molecule has 0 aliphatic rings. The van der Waals surface area contributed by atoms with Gasteiger partial charge in [-0.2, -0.15) is 0 Å². The third kappa shape index (κ3) is 5.26. The molecule has 0 saturated carbocycles. The predicted molar refractivity (Wildman–Crippen MR) is 175 cm³/mol. The highest BCUT2D eigenvalue weighted by Crippen LogP contribution is 2.36. The van der Waals surface area contributed by atoms with Crippen LogP contribution in [0.1, 0.15) is 0 Å². The highest BCUT2D eigenvalue weighted by Gasteiger charge is 2.10. The molecule has 0 atom stereocenters. The smallest absolute Gasteiger partial charge is 0.0390 e. The van der Waals surface area contributed by atoms with E-state index >= 15 is 0 Å². The van der Waals surface area contributed by atoms with Crippen LogP contribution in [0.3, 0.4) is 0 Å². The summed E-state index contributed by atoms with van der Waals surface area (Å²) in [6.07, 6.45) is 0. The number of hydrogen-bond acceptors (Lipinski definition) is 1. The SMILES string of the molecule is c1ccc(-c2ccc(-c3ccc(Nc4cccc(-c5ccc6ccccc6c5)c4)cc3)cc2-c2ccccc2)cc1. The third-order valence-electron chi connectivity index (χ3n) is 7.64. The molecule has 0 fully saturated rings. The zero-order valence-corrected chi connectivity index (χ0v) is 22.7. The van der Waals surface area contributed by atoms with E-state index in [1.807, 2.05) is 0 Å². The lowest BCUT2D eigenvalue weighted by Crippen LogP contribution is -1.91. The minimum atomic E-state index is 1.06. The molecule has 0 amide bonds. The summed E-state index contributed by atoms with van der Waals surface area (Å²) in [5.41, 5.74) is 11.9. The molecule has 7 aromatic rings. The van der Waals surface area contributed by atoms with Crippen LogP contribution >= 0.6 is 0 Å². The molecular formula is C40H29N. The predicted octanol–water partition coefficient (Wildman–Crippen LogP) is 11.3. The molecule has 0 unspecified atom stereocenters. The fourth-order valence-corrected chi connectivity index (χ4v) is 5.51. The van der Waals surface area contributed by atoms with E-state index in [-0.39, 0.29) is 0 Å². The molecule has 0 bridgehead atoms. The summed E-state index contributed by atoms with van der Waals surface area (Å²) in [6, 6.07) is 60.5. The molecular weight excluding hydrogens is 494 g/mol. The molecule has 1 nitrogen and oxygen atoms in total. The average molecular weight is 524 g/mol. The highest BCUT2D eigenvalue weighted by atomic mass is 14.9. The van der Waals surface area contributed by atoms with Gasteiger partial charge in [-0.25, -0.2) is 0 Å². The Kier molecular flexibility index (Phi) is 6.61. The van der Waals surface area contributed by atoms with Crippen LogP contribution in [0.2, 0.25) is 0 Å². The van der Waals surface area contributed by atoms with Crippen LogP contribution in [0.4, 0.5) is 11.4 Å². The van der Waals surface area contributed by atoms with Gasteiger partial charge in [-0.15, -0.1) is 0 Å². The Balaban J connectivity index is 1.16. The summed E-state index contributed by atoms with van der Waals surface area (Å²) in [5, 5.41) is 6.11. The van der Waals surface area contributed by atoms with Crippen LogP contribution < -0.4 is 5.32 Å². The summed E-state index contributed by atoms with van der Waals surface area (Å²) < 4.78 is 0. The third-order valence-corrected chi connectivity index (χ3v) is 7.64. The first kappa shape index (κ1) is 24.6. The highest BCUT2D eigenvalue weighted by molar-refractivity contribution is 5.89. The first-order valence-electron chi connectivity index (χ1n) is 14.0. The van der Waals surface area contributed by atoms with E-state index in [1.165, 1.54) is 55.3 Å². The maximum atomic E-state index is 3.60. The summed E-state index contributed by atoms with van der Waals surface area (Å²) in [4.78, 5) is 0. The second-order valence-electron chi connectivity index (χ2n) is 10.3. The molecule has 0 aliphatic carbocycles. The molecule has 1 heteroatoms. The lowest BCUT2D eigenvalue weighted by atomic mass is 9.91. The zero-order valence-electron chi connectivity index (χ0n) is 22.7. The van der Waals surface area contributed by atoms with Crippen LogP contribution in [-0.4, -0.2) is 0 Å². The standard InChI is InChI=1S/C40H29N/c1-3-11-31(12-4-1)39-25-22-36(28-40(39)32-13-5-2-6-14-32)30-20-23-37(24-21-30)41-38-17-9-16-34(27-38)35-19-18-29-10-7-8-15-33(29)26-35/h1-28,41H. The number of fused-ring (bicyclic) bond motifs is 1. The van der Waals surface area contributed by atoms with Gasteiger partial charge in [0.2, 0.25) is 0 Å². The fraction of sp³-hybridized carbons (Fsp3) is 0. The van der Waals surface area contributed by atoms with Crippen LogP contribution in [0.5, 0.6) is 0 Å². The molecule has 0 spiro atoms. The van der Waals surface area contributed by atoms with Crippen LogP contribution in [0.15, 0.2) is 170 Å². The van der Waals surface area contributed by atoms with Crippen molar-refractivity contribution in [2.75, 3.05) is 5.32 Å². The van der Waals surface area contributed by atoms with Crippen molar-refractivity contribution in [1.29, 1.82) is 0 Å². The van der Waals surface area contributed by atoms with E-state index < -0.39 is 0 Å².